The topological polar surface area (TPSA) is 83.8 Å². The summed E-state index contributed by atoms with van der Waals surface area (Å²) in [6.45, 7) is 0. The summed E-state index contributed by atoms with van der Waals surface area (Å²) in [5.74, 6) is -0.813. The Labute approximate surface area is 249 Å². The van der Waals surface area contributed by atoms with Gasteiger partial charge in [-0.2, -0.15) is 0 Å². The van der Waals surface area contributed by atoms with Crippen molar-refractivity contribution in [2.24, 2.45) is 0 Å². The summed E-state index contributed by atoms with van der Waals surface area (Å²) in [7, 11) is 0. The Morgan fingerprint density at radius 1 is 0.442 bits per heavy atom. The fourth-order valence-electron chi connectivity index (χ4n) is 4.83. The quantitative estimate of drug-likeness (QED) is 0.202. The molecule has 0 aromatic heterocycles. The highest BCUT2D eigenvalue weighted by Gasteiger charge is 2.27. The predicted molar refractivity (Wildman–Crippen MR) is 170 cm³/mol. The fourth-order valence-corrected chi connectivity index (χ4v) is 4.83. The second kappa shape index (κ2) is 13.6. The Hall–Kier alpha value is -5.94. The normalized spacial score (nSPS) is 10.2. The van der Waals surface area contributed by atoms with Crippen molar-refractivity contribution in [3.05, 3.63) is 169 Å². The molecule has 5 heteroatoms. The summed E-state index contributed by atoms with van der Waals surface area (Å²) in [6.07, 6.45) is 0. The van der Waals surface area contributed by atoms with E-state index in [4.69, 9.17) is 4.74 Å². The first-order valence-corrected chi connectivity index (χ1v) is 13.6. The molecule has 2 N–H and O–H groups in total. The third-order valence-electron chi connectivity index (χ3n) is 6.70. The van der Waals surface area contributed by atoms with Gasteiger partial charge in [-0.05, 0) is 58.1 Å². The Morgan fingerprint density at radius 3 is 1.21 bits per heavy atom. The van der Waals surface area contributed by atoms with E-state index in [0.29, 0.717) is 22.3 Å². The molecule has 0 amide bonds. The number of benzene rings is 6. The zero-order valence-electron chi connectivity index (χ0n) is 23.1. The molecule has 0 atom stereocenters. The van der Waals surface area contributed by atoms with Crippen LogP contribution >= 0.6 is 0 Å². The second-order valence-corrected chi connectivity index (χ2v) is 9.53. The van der Waals surface area contributed by atoms with Crippen molar-refractivity contribution in [1.29, 1.82) is 0 Å². The van der Waals surface area contributed by atoms with Crippen molar-refractivity contribution in [2.75, 3.05) is 0 Å². The maximum atomic E-state index is 12.3. The van der Waals surface area contributed by atoms with Gasteiger partial charge in [0.2, 0.25) is 0 Å². The number of rotatable bonds is 7. The van der Waals surface area contributed by atoms with Crippen molar-refractivity contribution < 1.29 is 24.5 Å². The molecule has 5 nitrogen and oxygen atoms in total. The molecule has 0 fully saturated rings. The average Bonchev–Trinajstić information content (AvgIpc) is 3.06. The lowest BCUT2D eigenvalue weighted by Crippen LogP contribution is -2.12. The second-order valence-electron chi connectivity index (χ2n) is 9.53. The van der Waals surface area contributed by atoms with Crippen LogP contribution in [0.25, 0.3) is 33.4 Å². The molecule has 0 aliphatic carbocycles. The van der Waals surface area contributed by atoms with Crippen LogP contribution < -0.4 is 4.74 Å². The van der Waals surface area contributed by atoms with Gasteiger partial charge in [0, 0.05) is 5.56 Å². The van der Waals surface area contributed by atoms with Crippen LogP contribution in [0.1, 0.15) is 20.7 Å². The molecule has 0 saturated heterocycles. The molecule has 6 rings (SSSR count). The van der Waals surface area contributed by atoms with E-state index in [-0.39, 0.29) is 11.1 Å². The summed E-state index contributed by atoms with van der Waals surface area (Å²) in [6, 6.07) is 48.9. The molecule has 43 heavy (non-hydrogen) atoms. The lowest BCUT2D eigenvalue weighted by molar-refractivity contribution is 0.0652. The highest BCUT2D eigenvalue weighted by molar-refractivity contribution is 6.12. The van der Waals surface area contributed by atoms with Gasteiger partial charge < -0.3 is 14.9 Å². The SMILES string of the molecule is O=C(O)c1cc(-c2ccccc2)c(-c2ccccc2)c(-c2ccccc2)c1C(=O)O.c1ccc(Oc2ccccc2)cc1. The minimum absolute atomic E-state index is 0.216. The number of ether oxygens (including phenoxy) is 1. The molecule has 6 aromatic carbocycles. The van der Waals surface area contributed by atoms with Crippen LogP contribution in [-0.4, -0.2) is 22.2 Å². The first-order chi connectivity index (χ1) is 21.0. The number of carbonyl (C=O) groups is 2. The van der Waals surface area contributed by atoms with E-state index >= 15 is 0 Å². The van der Waals surface area contributed by atoms with Crippen LogP contribution in [0.5, 0.6) is 11.5 Å². The number of carboxylic acids is 2. The summed E-state index contributed by atoms with van der Waals surface area (Å²) >= 11 is 0. The number of carboxylic acid groups (broad SMARTS) is 2. The van der Waals surface area contributed by atoms with Crippen LogP contribution in [0.2, 0.25) is 0 Å². The first-order valence-electron chi connectivity index (χ1n) is 13.6. The van der Waals surface area contributed by atoms with Crippen molar-refractivity contribution in [3.8, 4) is 44.9 Å². The van der Waals surface area contributed by atoms with Crippen LogP contribution in [0, 0.1) is 0 Å². The molecular formula is C38H28O5. The molecule has 6 aromatic rings. The molecule has 0 aliphatic heterocycles. The Kier molecular flexibility index (Phi) is 9.05. The third-order valence-corrected chi connectivity index (χ3v) is 6.70. The van der Waals surface area contributed by atoms with Crippen molar-refractivity contribution in [2.45, 2.75) is 0 Å². The van der Waals surface area contributed by atoms with Crippen molar-refractivity contribution in [3.63, 3.8) is 0 Å². The zero-order chi connectivity index (χ0) is 30.0. The van der Waals surface area contributed by atoms with Crippen LogP contribution in [0.4, 0.5) is 0 Å². The summed E-state index contributed by atoms with van der Waals surface area (Å²) in [4.78, 5) is 24.4. The van der Waals surface area contributed by atoms with Gasteiger partial charge in [0.1, 0.15) is 11.5 Å². The van der Waals surface area contributed by atoms with E-state index in [1.165, 1.54) is 6.07 Å². The van der Waals surface area contributed by atoms with Gasteiger partial charge in [0.15, 0.2) is 0 Å². The van der Waals surface area contributed by atoms with E-state index in [1.807, 2.05) is 140 Å². The lowest BCUT2D eigenvalue weighted by atomic mass is 9.82. The highest BCUT2D eigenvalue weighted by atomic mass is 16.5. The average molecular weight is 565 g/mol. The summed E-state index contributed by atoms with van der Waals surface area (Å²) in [5.41, 5.74) is 3.58. The zero-order valence-corrected chi connectivity index (χ0v) is 23.1. The third kappa shape index (κ3) is 6.87. The maximum Gasteiger partial charge on any atom is 0.337 e. The Balaban J connectivity index is 0.000000235. The molecule has 0 aliphatic rings. The fraction of sp³-hybridized carbons (Fsp3) is 0. The predicted octanol–water partition coefficient (Wildman–Crippen LogP) is 9.56. The molecular weight excluding hydrogens is 536 g/mol. The van der Waals surface area contributed by atoms with E-state index in [0.717, 1.165) is 22.6 Å². The van der Waals surface area contributed by atoms with Gasteiger partial charge >= 0.3 is 11.9 Å². The minimum Gasteiger partial charge on any atom is -0.478 e. The molecule has 0 unspecified atom stereocenters. The van der Waals surface area contributed by atoms with Gasteiger partial charge in [0.05, 0.1) is 11.1 Å². The van der Waals surface area contributed by atoms with Crippen LogP contribution in [0.3, 0.4) is 0 Å². The van der Waals surface area contributed by atoms with Gasteiger partial charge in [-0.25, -0.2) is 9.59 Å². The smallest absolute Gasteiger partial charge is 0.337 e. The number of hydrogen-bond donors (Lipinski definition) is 2. The summed E-state index contributed by atoms with van der Waals surface area (Å²) in [5, 5.41) is 19.9. The molecule has 0 spiro atoms. The van der Waals surface area contributed by atoms with Gasteiger partial charge in [-0.15, -0.1) is 0 Å². The standard InChI is InChI=1S/C26H18O4.C12H10O/c27-25(28)21-16-20(17-10-4-1-5-11-17)22(18-12-6-2-7-13-18)23(24(21)26(29)30)19-14-8-3-9-15-19;1-3-7-11(8-4-1)13-12-9-5-2-6-10-12/h1-16H,(H,27,28)(H,29,30);1-10H. The number of aromatic carboxylic acids is 2. The summed E-state index contributed by atoms with van der Waals surface area (Å²) < 4.78 is 5.58. The van der Waals surface area contributed by atoms with Gasteiger partial charge in [-0.1, -0.05) is 127 Å². The highest BCUT2D eigenvalue weighted by Crippen LogP contribution is 2.43. The Morgan fingerprint density at radius 2 is 0.814 bits per heavy atom. The number of hydrogen-bond acceptors (Lipinski definition) is 3. The largest absolute Gasteiger partial charge is 0.478 e. The van der Waals surface area contributed by atoms with Crippen LogP contribution in [-0.2, 0) is 0 Å². The van der Waals surface area contributed by atoms with E-state index in [1.54, 1.807) is 12.1 Å². The molecule has 0 heterocycles. The lowest BCUT2D eigenvalue weighted by Gasteiger charge is -2.20. The monoisotopic (exact) mass is 564 g/mol. The Bertz CT molecular complexity index is 1770. The van der Waals surface area contributed by atoms with Gasteiger partial charge in [-0.3, -0.25) is 0 Å². The molecule has 0 radical (unpaired) electrons. The minimum atomic E-state index is -1.28. The van der Waals surface area contributed by atoms with E-state index in [2.05, 4.69) is 0 Å². The number of para-hydroxylation sites is 2. The van der Waals surface area contributed by atoms with Crippen LogP contribution in [0.15, 0.2) is 158 Å². The van der Waals surface area contributed by atoms with E-state index < -0.39 is 11.9 Å². The van der Waals surface area contributed by atoms with Crippen molar-refractivity contribution >= 4 is 11.9 Å². The molecule has 210 valence electrons. The maximum absolute atomic E-state index is 12.3. The van der Waals surface area contributed by atoms with E-state index in [9.17, 15) is 19.8 Å². The molecule has 0 saturated carbocycles. The molecule has 0 bridgehead atoms. The van der Waals surface area contributed by atoms with Gasteiger partial charge in [0.25, 0.3) is 0 Å². The van der Waals surface area contributed by atoms with Crippen molar-refractivity contribution in [1.82, 2.24) is 0 Å². The first kappa shape index (κ1) is 28.6.